The van der Waals surface area contributed by atoms with Crippen LogP contribution in [0.1, 0.15) is 6.92 Å². The van der Waals surface area contributed by atoms with E-state index in [-0.39, 0.29) is 23.6 Å². The van der Waals surface area contributed by atoms with Gasteiger partial charge in [0.05, 0.1) is 11.8 Å². The number of hydrogen-bond donors (Lipinski definition) is 1. The van der Waals surface area contributed by atoms with E-state index in [9.17, 15) is 9.59 Å². The van der Waals surface area contributed by atoms with Crippen LogP contribution in [0, 0.1) is 0 Å². The third-order valence-corrected chi connectivity index (χ3v) is 2.35. The molecule has 1 heterocycles. The molecule has 0 saturated carbocycles. The number of piperazine rings is 1. The molecule has 0 unspecified atom stereocenters. The lowest BCUT2D eigenvalue weighted by atomic mass is 10.1. The Morgan fingerprint density at radius 1 is 1.57 bits per heavy atom. The molecule has 1 rings (SSSR count). The number of carbonyl (C=O) groups is 2. The molecule has 0 aromatic heterocycles. The van der Waals surface area contributed by atoms with Crippen LogP contribution in [0.3, 0.4) is 0 Å². The number of carbonyl (C=O) groups excluding carboxylic acids is 2. The average Bonchev–Trinajstić information content (AvgIpc) is 2.14. The van der Waals surface area contributed by atoms with Crippen LogP contribution in [0.25, 0.3) is 0 Å². The SMILES string of the molecule is C=C1NC(=O)[C@H]([C@H](C)OC)N(C)C1=O. The summed E-state index contributed by atoms with van der Waals surface area (Å²) in [6.07, 6.45) is -0.336. The highest BCUT2D eigenvalue weighted by Gasteiger charge is 2.37. The van der Waals surface area contributed by atoms with Crippen LogP contribution in [0.15, 0.2) is 12.3 Å². The van der Waals surface area contributed by atoms with Gasteiger partial charge in [-0.25, -0.2) is 0 Å². The summed E-state index contributed by atoms with van der Waals surface area (Å²) < 4.78 is 5.03. The highest BCUT2D eigenvalue weighted by Crippen LogP contribution is 2.13. The standard InChI is InChI=1S/C9H14N2O3/c1-5-9(13)11(3)7(6(2)14-4)8(12)10-5/h6-7H,1H2,2-4H3,(H,10,12)/t6-,7-/m0/s1. The van der Waals surface area contributed by atoms with Gasteiger partial charge < -0.3 is 15.0 Å². The molecule has 0 aromatic rings. The molecule has 0 radical (unpaired) electrons. The van der Waals surface area contributed by atoms with Crippen LogP contribution in [0.5, 0.6) is 0 Å². The minimum atomic E-state index is -0.585. The van der Waals surface area contributed by atoms with Crippen molar-refractivity contribution in [2.75, 3.05) is 14.2 Å². The molecule has 0 bridgehead atoms. The summed E-state index contributed by atoms with van der Waals surface area (Å²) in [5.74, 6) is -0.537. The maximum absolute atomic E-state index is 11.5. The van der Waals surface area contributed by atoms with Gasteiger partial charge in [0.1, 0.15) is 6.04 Å². The van der Waals surface area contributed by atoms with Crippen LogP contribution in [0.2, 0.25) is 0 Å². The third-order valence-electron chi connectivity index (χ3n) is 2.35. The molecule has 1 N–H and O–H groups in total. The van der Waals surface area contributed by atoms with Crippen molar-refractivity contribution in [1.29, 1.82) is 0 Å². The molecule has 5 nitrogen and oxygen atoms in total. The predicted molar refractivity (Wildman–Crippen MR) is 50.3 cm³/mol. The summed E-state index contributed by atoms with van der Waals surface area (Å²) in [6, 6.07) is -0.585. The lowest BCUT2D eigenvalue weighted by Gasteiger charge is -2.35. The summed E-state index contributed by atoms with van der Waals surface area (Å²) in [5.41, 5.74) is 0.108. The van der Waals surface area contributed by atoms with E-state index in [0.29, 0.717) is 0 Å². The van der Waals surface area contributed by atoms with Gasteiger partial charge in [-0.1, -0.05) is 6.58 Å². The van der Waals surface area contributed by atoms with Crippen molar-refractivity contribution in [2.24, 2.45) is 0 Å². The smallest absolute Gasteiger partial charge is 0.270 e. The largest absolute Gasteiger partial charge is 0.379 e. The Morgan fingerprint density at radius 2 is 2.14 bits per heavy atom. The van der Waals surface area contributed by atoms with Gasteiger partial charge in [0.25, 0.3) is 5.91 Å². The van der Waals surface area contributed by atoms with Gasteiger partial charge in [0, 0.05) is 14.2 Å². The molecule has 5 heteroatoms. The lowest BCUT2D eigenvalue weighted by molar-refractivity contribution is -0.145. The monoisotopic (exact) mass is 198 g/mol. The fourth-order valence-corrected chi connectivity index (χ4v) is 1.45. The van der Waals surface area contributed by atoms with Crippen molar-refractivity contribution >= 4 is 11.8 Å². The fourth-order valence-electron chi connectivity index (χ4n) is 1.45. The summed E-state index contributed by atoms with van der Waals surface area (Å²) in [6.45, 7) is 5.19. The molecule has 0 aliphatic carbocycles. The molecule has 78 valence electrons. The van der Waals surface area contributed by atoms with E-state index in [2.05, 4.69) is 11.9 Å². The highest BCUT2D eigenvalue weighted by atomic mass is 16.5. The molecule has 0 spiro atoms. The molecule has 1 fully saturated rings. The summed E-state index contributed by atoms with van der Waals surface area (Å²) >= 11 is 0. The van der Waals surface area contributed by atoms with E-state index in [1.54, 1.807) is 14.0 Å². The molecule has 0 aromatic carbocycles. The molecular weight excluding hydrogens is 184 g/mol. The molecule has 2 amide bonds. The van der Waals surface area contributed by atoms with Crippen molar-refractivity contribution in [3.63, 3.8) is 0 Å². The first-order chi connectivity index (χ1) is 6.49. The van der Waals surface area contributed by atoms with Crippen molar-refractivity contribution < 1.29 is 14.3 Å². The van der Waals surface area contributed by atoms with Gasteiger partial charge >= 0.3 is 0 Å². The molecule has 1 aliphatic heterocycles. The van der Waals surface area contributed by atoms with Gasteiger partial charge in [-0.3, -0.25) is 9.59 Å². The second kappa shape index (κ2) is 3.79. The van der Waals surface area contributed by atoms with Crippen molar-refractivity contribution in [1.82, 2.24) is 10.2 Å². The molecule has 1 saturated heterocycles. The number of methoxy groups -OCH3 is 1. The Morgan fingerprint density at radius 3 is 2.64 bits per heavy atom. The molecule has 1 aliphatic rings. The van der Waals surface area contributed by atoms with Crippen molar-refractivity contribution in [3.8, 4) is 0 Å². The topological polar surface area (TPSA) is 58.6 Å². The normalized spacial score (nSPS) is 24.9. The van der Waals surface area contributed by atoms with Crippen LogP contribution >= 0.6 is 0 Å². The summed E-state index contributed by atoms with van der Waals surface area (Å²) in [5, 5.41) is 2.42. The molecule has 2 atom stereocenters. The first kappa shape index (κ1) is 10.7. The van der Waals surface area contributed by atoms with E-state index in [1.807, 2.05) is 0 Å². The fraction of sp³-hybridized carbons (Fsp3) is 0.556. The van der Waals surface area contributed by atoms with Crippen LogP contribution < -0.4 is 5.32 Å². The zero-order chi connectivity index (χ0) is 10.9. The average molecular weight is 198 g/mol. The lowest BCUT2D eigenvalue weighted by Crippen LogP contribution is -2.59. The Balaban J connectivity index is 2.90. The van der Waals surface area contributed by atoms with Gasteiger partial charge in [0.15, 0.2) is 0 Å². The zero-order valence-corrected chi connectivity index (χ0v) is 8.53. The predicted octanol–water partition coefficient (Wildman–Crippen LogP) is -0.508. The zero-order valence-electron chi connectivity index (χ0n) is 8.53. The number of hydrogen-bond acceptors (Lipinski definition) is 3. The maximum atomic E-state index is 11.5. The van der Waals surface area contributed by atoms with E-state index in [4.69, 9.17) is 4.74 Å². The second-order valence-electron chi connectivity index (χ2n) is 3.27. The van der Waals surface area contributed by atoms with E-state index >= 15 is 0 Å². The van der Waals surface area contributed by atoms with E-state index < -0.39 is 6.04 Å². The van der Waals surface area contributed by atoms with Crippen molar-refractivity contribution in [2.45, 2.75) is 19.1 Å². The second-order valence-corrected chi connectivity index (χ2v) is 3.27. The number of likely N-dealkylation sites (N-methyl/N-ethyl adjacent to an activating group) is 1. The summed E-state index contributed by atoms with van der Waals surface area (Å²) in [4.78, 5) is 24.3. The Labute approximate surface area is 82.7 Å². The Hall–Kier alpha value is -1.36. The van der Waals surface area contributed by atoms with Gasteiger partial charge in [-0.05, 0) is 6.92 Å². The maximum Gasteiger partial charge on any atom is 0.270 e. The minimum absolute atomic E-state index is 0.108. The van der Waals surface area contributed by atoms with Gasteiger partial charge in [-0.2, -0.15) is 0 Å². The van der Waals surface area contributed by atoms with Crippen LogP contribution in [-0.2, 0) is 14.3 Å². The van der Waals surface area contributed by atoms with Gasteiger partial charge in [-0.15, -0.1) is 0 Å². The Kier molecular flexibility index (Phi) is 2.90. The molecule has 14 heavy (non-hydrogen) atoms. The molecular formula is C9H14N2O3. The number of ether oxygens (including phenoxy) is 1. The highest BCUT2D eigenvalue weighted by molar-refractivity contribution is 6.04. The van der Waals surface area contributed by atoms with Crippen LogP contribution in [0.4, 0.5) is 0 Å². The quantitative estimate of drug-likeness (QED) is 0.608. The van der Waals surface area contributed by atoms with E-state index in [0.717, 1.165) is 0 Å². The van der Waals surface area contributed by atoms with E-state index in [1.165, 1.54) is 12.0 Å². The van der Waals surface area contributed by atoms with Gasteiger partial charge in [0.2, 0.25) is 5.91 Å². The number of rotatable bonds is 2. The third kappa shape index (κ3) is 1.63. The first-order valence-electron chi connectivity index (χ1n) is 4.28. The first-order valence-corrected chi connectivity index (χ1v) is 4.28. The number of nitrogens with one attached hydrogen (secondary N) is 1. The Bertz CT molecular complexity index is 288. The number of amides is 2. The number of nitrogens with zero attached hydrogens (tertiary/aromatic N) is 1. The van der Waals surface area contributed by atoms with Crippen molar-refractivity contribution in [3.05, 3.63) is 12.3 Å². The minimum Gasteiger partial charge on any atom is -0.379 e. The van der Waals surface area contributed by atoms with Crippen LogP contribution in [-0.4, -0.2) is 43.0 Å². The summed E-state index contributed by atoms with van der Waals surface area (Å²) in [7, 11) is 3.06.